The van der Waals surface area contributed by atoms with Crippen LogP contribution in [-0.4, -0.2) is 19.9 Å². The van der Waals surface area contributed by atoms with Crippen LogP contribution in [0, 0.1) is 24.7 Å². The molecule has 0 radical (unpaired) electrons. The third-order valence-corrected chi connectivity index (χ3v) is 9.07. The van der Waals surface area contributed by atoms with Gasteiger partial charge < -0.3 is 5.32 Å². The molecular formula is C24H27ClN2O3S. The number of nitrogens with one attached hydrogen (secondary N) is 2. The zero-order valence-corrected chi connectivity index (χ0v) is 19.1. The number of carbonyl (C=O) groups is 1. The van der Waals surface area contributed by atoms with E-state index in [0.29, 0.717) is 29.0 Å². The Morgan fingerprint density at radius 1 is 0.968 bits per heavy atom. The molecule has 0 heterocycles. The average molecular weight is 459 g/mol. The number of anilines is 1. The van der Waals surface area contributed by atoms with Crippen molar-refractivity contribution in [1.82, 2.24) is 5.32 Å². The predicted molar refractivity (Wildman–Crippen MR) is 122 cm³/mol. The van der Waals surface area contributed by atoms with Gasteiger partial charge in [0.05, 0.1) is 5.02 Å². The Balaban J connectivity index is 1.38. The molecule has 2 aromatic carbocycles. The standard InChI is InChI=1S/C24H27ClN2O3S/c1-15-2-5-20(6-3-15)27-31(29,30)22-11-19(4-7-21(22)25)23(28)26-24-12-16-8-17(13-24)10-18(9-16)14-24/h2-7,11,16-18,27H,8-10,12-14H2,1H3,(H,26,28). The van der Waals surface area contributed by atoms with E-state index in [-0.39, 0.29) is 21.4 Å². The molecule has 6 rings (SSSR count). The molecule has 0 unspecified atom stereocenters. The van der Waals surface area contributed by atoms with Gasteiger partial charge in [-0.15, -0.1) is 0 Å². The van der Waals surface area contributed by atoms with E-state index >= 15 is 0 Å². The van der Waals surface area contributed by atoms with Gasteiger partial charge in [-0.3, -0.25) is 9.52 Å². The van der Waals surface area contributed by atoms with Gasteiger partial charge in [-0.1, -0.05) is 29.3 Å². The molecule has 7 heteroatoms. The van der Waals surface area contributed by atoms with Gasteiger partial charge in [0, 0.05) is 16.8 Å². The third kappa shape index (κ3) is 4.08. The number of sulfonamides is 1. The van der Waals surface area contributed by atoms with E-state index in [2.05, 4.69) is 10.0 Å². The van der Waals surface area contributed by atoms with Crippen molar-refractivity contribution in [2.45, 2.75) is 55.9 Å². The maximum absolute atomic E-state index is 13.1. The minimum absolute atomic E-state index is 0.0889. The molecule has 4 saturated carbocycles. The van der Waals surface area contributed by atoms with Crippen molar-refractivity contribution < 1.29 is 13.2 Å². The number of rotatable bonds is 5. The fourth-order valence-corrected chi connectivity index (χ4v) is 7.84. The molecule has 4 fully saturated rings. The van der Waals surface area contributed by atoms with Crippen LogP contribution in [0.15, 0.2) is 47.4 Å². The summed E-state index contributed by atoms with van der Waals surface area (Å²) >= 11 is 6.23. The van der Waals surface area contributed by atoms with Gasteiger partial charge in [-0.2, -0.15) is 0 Å². The molecule has 4 aliphatic carbocycles. The molecule has 1 amide bonds. The highest BCUT2D eigenvalue weighted by molar-refractivity contribution is 7.92. The first-order valence-electron chi connectivity index (χ1n) is 10.9. The monoisotopic (exact) mass is 458 g/mol. The fourth-order valence-electron chi connectivity index (χ4n) is 6.26. The SMILES string of the molecule is Cc1ccc(NS(=O)(=O)c2cc(C(=O)NC34CC5CC(CC(C5)C3)C4)ccc2Cl)cc1. The number of hydrogen-bond acceptors (Lipinski definition) is 3. The van der Waals surface area contributed by atoms with Gasteiger partial charge in [-0.25, -0.2) is 8.42 Å². The summed E-state index contributed by atoms with van der Waals surface area (Å²) < 4.78 is 28.5. The van der Waals surface area contributed by atoms with Crippen LogP contribution in [0.4, 0.5) is 5.69 Å². The van der Waals surface area contributed by atoms with Crippen molar-refractivity contribution in [3.63, 3.8) is 0 Å². The molecule has 31 heavy (non-hydrogen) atoms. The van der Waals surface area contributed by atoms with Gasteiger partial charge in [0.25, 0.3) is 15.9 Å². The normalized spacial score (nSPS) is 29.0. The largest absolute Gasteiger partial charge is 0.347 e. The Morgan fingerprint density at radius 2 is 1.55 bits per heavy atom. The minimum atomic E-state index is -3.93. The molecule has 0 spiro atoms. The van der Waals surface area contributed by atoms with Crippen LogP contribution in [0.3, 0.4) is 0 Å². The summed E-state index contributed by atoms with van der Waals surface area (Å²) in [6, 6.07) is 11.5. The van der Waals surface area contributed by atoms with Crippen LogP contribution in [0.25, 0.3) is 0 Å². The Kier molecular flexibility index (Phi) is 5.05. The number of halogens is 1. The molecular weight excluding hydrogens is 432 g/mol. The smallest absolute Gasteiger partial charge is 0.263 e. The average Bonchev–Trinajstić information content (AvgIpc) is 2.68. The first-order chi connectivity index (χ1) is 14.7. The van der Waals surface area contributed by atoms with Crippen LogP contribution in [0.5, 0.6) is 0 Å². The van der Waals surface area contributed by atoms with E-state index in [4.69, 9.17) is 11.6 Å². The zero-order chi connectivity index (χ0) is 21.8. The molecule has 0 saturated heterocycles. The van der Waals surface area contributed by atoms with Crippen molar-refractivity contribution in [2.24, 2.45) is 17.8 Å². The van der Waals surface area contributed by atoms with Crippen LogP contribution < -0.4 is 10.0 Å². The van der Waals surface area contributed by atoms with Gasteiger partial charge in [0.2, 0.25) is 0 Å². The molecule has 0 aromatic heterocycles. The van der Waals surface area contributed by atoms with E-state index in [1.165, 1.54) is 31.4 Å². The Hall–Kier alpha value is -2.05. The van der Waals surface area contributed by atoms with Crippen molar-refractivity contribution in [3.05, 3.63) is 58.6 Å². The maximum Gasteiger partial charge on any atom is 0.263 e. The zero-order valence-electron chi connectivity index (χ0n) is 17.5. The lowest BCUT2D eigenvalue weighted by Gasteiger charge is -2.56. The number of carbonyl (C=O) groups excluding carboxylic acids is 1. The summed E-state index contributed by atoms with van der Waals surface area (Å²) in [6.45, 7) is 1.93. The lowest BCUT2D eigenvalue weighted by Crippen LogP contribution is -2.59. The van der Waals surface area contributed by atoms with Crippen LogP contribution >= 0.6 is 11.6 Å². The van der Waals surface area contributed by atoms with Gasteiger partial charge in [0.1, 0.15) is 4.90 Å². The predicted octanol–water partition coefficient (Wildman–Crippen LogP) is 5.15. The summed E-state index contributed by atoms with van der Waals surface area (Å²) in [6.07, 6.45) is 7.00. The lowest BCUT2D eigenvalue weighted by molar-refractivity contribution is -0.0167. The van der Waals surface area contributed by atoms with E-state index in [1.54, 1.807) is 18.2 Å². The molecule has 4 aliphatic rings. The summed E-state index contributed by atoms with van der Waals surface area (Å²) in [5, 5.41) is 3.39. The van der Waals surface area contributed by atoms with E-state index in [0.717, 1.165) is 24.8 Å². The molecule has 4 bridgehead atoms. The maximum atomic E-state index is 13.1. The Bertz CT molecular complexity index is 1090. The van der Waals surface area contributed by atoms with Crippen molar-refractivity contribution in [3.8, 4) is 0 Å². The van der Waals surface area contributed by atoms with Crippen molar-refractivity contribution >= 4 is 33.2 Å². The minimum Gasteiger partial charge on any atom is -0.347 e. The molecule has 164 valence electrons. The lowest BCUT2D eigenvalue weighted by atomic mass is 9.53. The second kappa shape index (κ2) is 7.52. The summed E-state index contributed by atoms with van der Waals surface area (Å²) in [7, 11) is -3.93. The quantitative estimate of drug-likeness (QED) is 0.650. The first kappa shape index (κ1) is 20.8. The van der Waals surface area contributed by atoms with Crippen LogP contribution in [0.1, 0.15) is 54.4 Å². The molecule has 5 nitrogen and oxygen atoms in total. The van der Waals surface area contributed by atoms with Crippen molar-refractivity contribution in [2.75, 3.05) is 4.72 Å². The second-order valence-corrected chi connectivity index (χ2v) is 11.8. The number of aryl methyl sites for hydroxylation is 1. The molecule has 0 aliphatic heterocycles. The van der Waals surface area contributed by atoms with E-state index in [9.17, 15) is 13.2 Å². The molecule has 0 atom stereocenters. The highest BCUT2D eigenvalue weighted by Crippen LogP contribution is 2.55. The van der Waals surface area contributed by atoms with Gasteiger partial charge in [0.15, 0.2) is 0 Å². The van der Waals surface area contributed by atoms with Gasteiger partial charge >= 0.3 is 0 Å². The number of benzene rings is 2. The topological polar surface area (TPSA) is 75.3 Å². The summed E-state index contributed by atoms with van der Waals surface area (Å²) in [4.78, 5) is 13.1. The fraction of sp³-hybridized carbons (Fsp3) is 0.458. The molecule has 2 aromatic rings. The summed E-state index contributed by atoms with van der Waals surface area (Å²) in [5.41, 5.74) is 1.67. The highest BCUT2D eigenvalue weighted by atomic mass is 35.5. The highest BCUT2D eigenvalue weighted by Gasteiger charge is 2.51. The van der Waals surface area contributed by atoms with E-state index in [1.807, 2.05) is 19.1 Å². The molecule has 2 N–H and O–H groups in total. The second-order valence-electron chi connectivity index (χ2n) is 9.77. The third-order valence-electron chi connectivity index (χ3n) is 7.20. The van der Waals surface area contributed by atoms with Crippen molar-refractivity contribution in [1.29, 1.82) is 0 Å². The van der Waals surface area contributed by atoms with Gasteiger partial charge in [-0.05, 0) is 93.5 Å². The Morgan fingerprint density at radius 3 is 2.13 bits per heavy atom. The number of amides is 1. The number of hydrogen-bond donors (Lipinski definition) is 2. The van der Waals surface area contributed by atoms with Crippen LogP contribution in [-0.2, 0) is 10.0 Å². The first-order valence-corrected chi connectivity index (χ1v) is 12.8. The van der Waals surface area contributed by atoms with Crippen LogP contribution in [0.2, 0.25) is 5.02 Å². The Labute approximate surface area is 188 Å². The van der Waals surface area contributed by atoms with E-state index < -0.39 is 10.0 Å². The summed E-state index contributed by atoms with van der Waals surface area (Å²) in [5.74, 6) is 1.93.